The summed E-state index contributed by atoms with van der Waals surface area (Å²) in [6, 6.07) is 0.467. The lowest BCUT2D eigenvalue weighted by Gasteiger charge is -2.05. The third-order valence-corrected chi connectivity index (χ3v) is 2.01. The molecule has 0 saturated carbocycles. The second-order valence-corrected chi connectivity index (χ2v) is 3.06. The van der Waals surface area contributed by atoms with E-state index in [0.29, 0.717) is 11.9 Å². The smallest absolute Gasteiger partial charge is 0.316 e. The second-order valence-electron chi connectivity index (χ2n) is 3.06. The Balaban J connectivity index is 1.78. The zero-order chi connectivity index (χ0) is 9.10. The Morgan fingerprint density at radius 2 is 2.46 bits per heavy atom. The maximum absolute atomic E-state index is 5.26. The largest absolute Gasteiger partial charge is 0.390 e. The quantitative estimate of drug-likeness (QED) is 0.692. The number of hydrogen-bond acceptors (Lipinski definition) is 6. The van der Waals surface area contributed by atoms with E-state index in [2.05, 4.69) is 15.5 Å². The highest BCUT2D eigenvalue weighted by molar-refractivity contribution is 5.22. The topological polar surface area (TPSA) is 86.2 Å². The number of aromatic nitrogens is 2. The molecule has 1 aliphatic heterocycles. The van der Waals surface area contributed by atoms with E-state index < -0.39 is 0 Å². The SMILES string of the molecule is Nc1nnc(NCC2CCOC2)o1. The monoisotopic (exact) mass is 184 g/mol. The minimum atomic E-state index is 0.0881. The van der Waals surface area contributed by atoms with Crippen molar-refractivity contribution in [3.05, 3.63) is 0 Å². The summed E-state index contributed by atoms with van der Waals surface area (Å²) < 4.78 is 10.2. The first-order valence-electron chi connectivity index (χ1n) is 4.25. The fraction of sp³-hybridized carbons (Fsp3) is 0.714. The van der Waals surface area contributed by atoms with Crippen molar-refractivity contribution in [2.24, 2.45) is 5.92 Å². The number of anilines is 2. The lowest BCUT2D eigenvalue weighted by molar-refractivity contribution is 0.187. The molecule has 1 fully saturated rings. The fourth-order valence-electron chi connectivity index (χ4n) is 1.28. The highest BCUT2D eigenvalue weighted by Crippen LogP contribution is 2.13. The van der Waals surface area contributed by atoms with Gasteiger partial charge in [-0.2, -0.15) is 0 Å². The molecule has 0 bridgehead atoms. The Hall–Kier alpha value is -1.30. The van der Waals surface area contributed by atoms with E-state index >= 15 is 0 Å². The summed E-state index contributed by atoms with van der Waals surface area (Å²) in [5.41, 5.74) is 5.26. The predicted molar refractivity (Wildman–Crippen MR) is 46.1 cm³/mol. The zero-order valence-corrected chi connectivity index (χ0v) is 7.19. The van der Waals surface area contributed by atoms with E-state index in [1.807, 2.05) is 0 Å². The number of nitrogens with two attached hydrogens (primary N) is 1. The van der Waals surface area contributed by atoms with Crippen LogP contribution < -0.4 is 11.1 Å². The van der Waals surface area contributed by atoms with Gasteiger partial charge in [0.05, 0.1) is 6.61 Å². The first kappa shape index (κ1) is 8.31. The molecule has 1 unspecified atom stereocenters. The average Bonchev–Trinajstić information content (AvgIpc) is 2.71. The number of nitrogens with zero attached hydrogens (tertiary/aromatic N) is 2. The molecule has 6 heteroatoms. The van der Waals surface area contributed by atoms with Crippen LogP contribution in [0.2, 0.25) is 0 Å². The molecule has 0 spiro atoms. The van der Waals surface area contributed by atoms with Gasteiger partial charge < -0.3 is 20.2 Å². The molecule has 1 aliphatic rings. The molecule has 0 radical (unpaired) electrons. The highest BCUT2D eigenvalue weighted by Gasteiger charge is 2.15. The molecular formula is C7H12N4O2. The zero-order valence-electron chi connectivity index (χ0n) is 7.19. The lowest BCUT2D eigenvalue weighted by atomic mass is 10.1. The number of nitrogens with one attached hydrogen (secondary N) is 1. The van der Waals surface area contributed by atoms with Crippen LogP contribution in [-0.4, -0.2) is 30.0 Å². The number of rotatable bonds is 3. The average molecular weight is 184 g/mol. The Bertz CT molecular complexity index is 269. The van der Waals surface area contributed by atoms with Gasteiger partial charge in [-0.05, 0) is 6.42 Å². The van der Waals surface area contributed by atoms with Crippen molar-refractivity contribution in [1.29, 1.82) is 0 Å². The molecule has 2 heterocycles. The molecule has 13 heavy (non-hydrogen) atoms. The van der Waals surface area contributed by atoms with Crippen LogP contribution in [0, 0.1) is 5.92 Å². The van der Waals surface area contributed by atoms with Gasteiger partial charge >= 0.3 is 12.0 Å². The van der Waals surface area contributed by atoms with Crippen LogP contribution in [0.25, 0.3) is 0 Å². The van der Waals surface area contributed by atoms with Crippen LogP contribution in [0.3, 0.4) is 0 Å². The minimum absolute atomic E-state index is 0.0881. The van der Waals surface area contributed by atoms with Crippen molar-refractivity contribution in [1.82, 2.24) is 10.2 Å². The van der Waals surface area contributed by atoms with Gasteiger partial charge in [-0.15, -0.1) is 0 Å². The summed E-state index contributed by atoms with van der Waals surface area (Å²) in [6.07, 6.45) is 1.08. The maximum atomic E-state index is 5.26. The van der Waals surface area contributed by atoms with Gasteiger partial charge in [0.25, 0.3) is 0 Å². The van der Waals surface area contributed by atoms with Crippen molar-refractivity contribution in [3.8, 4) is 0 Å². The molecule has 0 amide bonds. The summed E-state index contributed by atoms with van der Waals surface area (Å²) in [5.74, 6) is 0.535. The van der Waals surface area contributed by atoms with E-state index in [9.17, 15) is 0 Å². The second kappa shape index (κ2) is 3.61. The maximum Gasteiger partial charge on any atom is 0.316 e. The van der Waals surface area contributed by atoms with Gasteiger partial charge in [-0.1, -0.05) is 10.2 Å². The Kier molecular flexibility index (Phi) is 2.31. The Morgan fingerprint density at radius 1 is 1.54 bits per heavy atom. The number of nitrogen functional groups attached to an aromatic ring is 1. The number of hydrogen-bond donors (Lipinski definition) is 2. The summed E-state index contributed by atoms with van der Waals surface area (Å²) in [4.78, 5) is 0. The molecule has 0 aromatic carbocycles. The molecule has 1 saturated heterocycles. The first-order chi connectivity index (χ1) is 6.34. The summed E-state index contributed by atoms with van der Waals surface area (Å²) in [5, 5.41) is 10.2. The van der Waals surface area contributed by atoms with Crippen LogP contribution >= 0.6 is 0 Å². The van der Waals surface area contributed by atoms with E-state index in [4.69, 9.17) is 14.9 Å². The summed E-state index contributed by atoms with van der Waals surface area (Å²) in [7, 11) is 0. The van der Waals surface area contributed by atoms with Gasteiger partial charge in [-0.3, -0.25) is 0 Å². The van der Waals surface area contributed by atoms with Gasteiger partial charge in [0.1, 0.15) is 0 Å². The highest BCUT2D eigenvalue weighted by atomic mass is 16.5. The molecule has 0 aliphatic carbocycles. The van der Waals surface area contributed by atoms with Crippen molar-refractivity contribution < 1.29 is 9.15 Å². The van der Waals surface area contributed by atoms with Gasteiger partial charge in [0.15, 0.2) is 0 Å². The van der Waals surface area contributed by atoms with Crippen LogP contribution in [0.4, 0.5) is 12.0 Å². The molecule has 3 N–H and O–H groups in total. The molecule has 2 rings (SSSR count). The first-order valence-corrected chi connectivity index (χ1v) is 4.25. The van der Waals surface area contributed by atoms with Crippen molar-refractivity contribution in [3.63, 3.8) is 0 Å². The third kappa shape index (κ3) is 2.09. The molecule has 6 nitrogen and oxygen atoms in total. The summed E-state index contributed by atoms with van der Waals surface area (Å²) >= 11 is 0. The summed E-state index contributed by atoms with van der Waals surface area (Å²) in [6.45, 7) is 2.44. The van der Waals surface area contributed by atoms with Gasteiger partial charge in [-0.25, -0.2) is 0 Å². The third-order valence-electron chi connectivity index (χ3n) is 2.01. The minimum Gasteiger partial charge on any atom is -0.390 e. The molecule has 1 aromatic rings. The molecular weight excluding hydrogens is 172 g/mol. The van der Waals surface area contributed by atoms with Crippen molar-refractivity contribution in [2.75, 3.05) is 30.8 Å². The van der Waals surface area contributed by atoms with Crippen LogP contribution in [0.15, 0.2) is 4.42 Å². The van der Waals surface area contributed by atoms with Crippen LogP contribution in [0.5, 0.6) is 0 Å². The lowest BCUT2D eigenvalue weighted by Crippen LogP contribution is -2.14. The normalized spacial score (nSPS) is 22.0. The number of ether oxygens (including phenoxy) is 1. The van der Waals surface area contributed by atoms with Crippen LogP contribution in [-0.2, 0) is 4.74 Å². The van der Waals surface area contributed by atoms with E-state index in [1.165, 1.54) is 0 Å². The van der Waals surface area contributed by atoms with E-state index in [-0.39, 0.29) is 6.01 Å². The van der Waals surface area contributed by atoms with Crippen molar-refractivity contribution >= 4 is 12.0 Å². The van der Waals surface area contributed by atoms with Crippen LogP contribution in [0.1, 0.15) is 6.42 Å². The van der Waals surface area contributed by atoms with Crippen molar-refractivity contribution in [2.45, 2.75) is 6.42 Å². The van der Waals surface area contributed by atoms with E-state index in [1.54, 1.807) is 0 Å². The van der Waals surface area contributed by atoms with E-state index in [0.717, 1.165) is 26.2 Å². The fourth-order valence-corrected chi connectivity index (χ4v) is 1.28. The predicted octanol–water partition coefficient (Wildman–Crippen LogP) is 0.100. The molecule has 72 valence electrons. The van der Waals surface area contributed by atoms with Gasteiger partial charge in [0.2, 0.25) is 0 Å². The Morgan fingerprint density at radius 3 is 3.08 bits per heavy atom. The molecule has 1 atom stereocenters. The standard InChI is InChI=1S/C7H12N4O2/c8-6-10-11-7(13-6)9-3-5-1-2-12-4-5/h5H,1-4H2,(H2,8,10)(H,9,11). The Labute approximate surface area is 75.5 Å². The molecule has 1 aromatic heterocycles. The van der Waals surface area contributed by atoms with Gasteiger partial charge in [0, 0.05) is 19.1 Å².